The van der Waals surface area contributed by atoms with Gasteiger partial charge in [0.05, 0.1) is 12.2 Å². The van der Waals surface area contributed by atoms with Gasteiger partial charge in [0.15, 0.2) is 4.90 Å². The van der Waals surface area contributed by atoms with Crippen molar-refractivity contribution in [2.75, 3.05) is 13.1 Å². The van der Waals surface area contributed by atoms with Crippen LogP contribution in [0.1, 0.15) is 0 Å². The van der Waals surface area contributed by atoms with Crippen LogP contribution in [0.4, 0.5) is 8.78 Å². The molecule has 1 aliphatic rings. The maximum absolute atomic E-state index is 13.4. The summed E-state index contributed by atoms with van der Waals surface area (Å²) >= 11 is 0. The second kappa shape index (κ2) is 4.54. The summed E-state index contributed by atoms with van der Waals surface area (Å²) in [6.45, 7) is -0.783. The van der Waals surface area contributed by atoms with Crippen LogP contribution in [0.3, 0.4) is 0 Å². The molecule has 0 amide bonds. The summed E-state index contributed by atoms with van der Waals surface area (Å²) in [7, 11) is -4.40. The Morgan fingerprint density at radius 2 is 1.56 bits per heavy atom. The number of sulfonamides is 1. The topological polar surface area (TPSA) is 77.8 Å². The Bertz CT molecular complexity index is 533. The van der Waals surface area contributed by atoms with Crippen molar-refractivity contribution in [3.63, 3.8) is 0 Å². The zero-order valence-corrected chi connectivity index (χ0v) is 9.94. The van der Waals surface area contributed by atoms with Crippen molar-refractivity contribution in [1.82, 2.24) is 4.31 Å². The van der Waals surface area contributed by atoms with Gasteiger partial charge >= 0.3 is 0 Å². The third-order valence-electron chi connectivity index (χ3n) is 2.74. The highest BCUT2D eigenvalue weighted by atomic mass is 32.2. The summed E-state index contributed by atoms with van der Waals surface area (Å²) in [6, 6.07) is 2.72. The van der Waals surface area contributed by atoms with Crippen molar-refractivity contribution >= 4 is 10.0 Å². The largest absolute Gasteiger partial charge is 0.389 e. The Kier molecular flexibility index (Phi) is 3.37. The van der Waals surface area contributed by atoms with Gasteiger partial charge in [-0.15, -0.1) is 0 Å². The molecular formula is C10H11F2NO4S. The van der Waals surface area contributed by atoms with Crippen molar-refractivity contribution in [3.05, 3.63) is 29.8 Å². The fourth-order valence-corrected chi connectivity index (χ4v) is 3.37. The second-order valence-corrected chi connectivity index (χ2v) is 5.88. The third kappa shape index (κ3) is 2.12. The minimum Gasteiger partial charge on any atom is -0.389 e. The van der Waals surface area contributed by atoms with Gasteiger partial charge in [0.25, 0.3) is 0 Å². The molecular weight excluding hydrogens is 268 g/mol. The van der Waals surface area contributed by atoms with Crippen LogP contribution in [-0.4, -0.2) is 48.2 Å². The number of β-amino-alcohol motifs (C(OH)–C–C–N with tert-alkyl or cyclic N) is 2. The Hall–Kier alpha value is -1.09. The van der Waals surface area contributed by atoms with Crippen LogP contribution in [0.2, 0.25) is 0 Å². The van der Waals surface area contributed by atoms with Crippen molar-refractivity contribution in [1.29, 1.82) is 0 Å². The fourth-order valence-electron chi connectivity index (χ4n) is 1.79. The maximum atomic E-state index is 13.4. The van der Waals surface area contributed by atoms with E-state index >= 15 is 0 Å². The van der Waals surface area contributed by atoms with E-state index in [1.54, 1.807) is 0 Å². The molecule has 0 aliphatic carbocycles. The van der Waals surface area contributed by atoms with E-state index in [9.17, 15) is 27.4 Å². The molecule has 5 nitrogen and oxygen atoms in total. The molecule has 0 spiro atoms. The number of halogens is 2. The first-order valence-electron chi connectivity index (χ1n) is 5.14. The summed E-state index contributed by atoms with van der Waals surface area (Å²) in [5.74, 6) is -2.41. The summed E-state index contributed by atoms with van der Waals surface area (Å²) < 4.78 is 51.5. The smallest absolute Gasteiger partial charge is 0.249 e. The standard InChI is InChI=1S/C10H11F2NO4S/c11-6-2-1-3-7(12)10(6)18(16,17)13-4-8(14)9(15)5-13/h1-3,8-9,14-15H,4-5H2/t8-,9+. The first kappa shape index (κ1) is 13.3. The molecule has 2 atom stereocenters. The molecule has 2 rings (SSSR count). The zero-order chi connectivity index (χ0) is 13.5. The number of hydrogen-bond donors (Lipinski definition) is 2. The van der Waals surface area contributed by atoms with E-state index < -0.39 is 51.9 Å². The molecule has 1 aliphatic heterocycles. The van der Waals surface area contributed by atoms with E-state index in [4.69, 9.17) is 0 Å². The van der Waals surface area contributed by atoms with Crippen molar-refractivity contribution in [2.24, 2.45) is 0 Å². The van der Waals surface area contributed by atoms with Gasteiger partial charge in [0.2, 0.25) is 10.0 Å². The fraction of sp³-hybridized carbons (Fsp3) is 0.400. The summed E-state index contributed by atoms with van der Waals surface area (Å²) in [6.07, 6.45) is -2.51. The molecule has 8 heteroatoms. The molecule has 2 N–H and O–H groups in total. The average molecular weight is 279 g/mol. The van der Waals surface area contributed by atoms with Crippen LogP contribution >= 0.6 is 0 Å². The van der Waals surface area contributed by atoms with E-state index in [1.807, 2.05) is 0 Å². The number of aliphatic hydroxyl groups is 2. The van der Waals surface area contributed by atoms with Crippen LogP contribution in [0.25, 0.3) is 0 Å². The van der Waals surface area contributed by atoms with Gasteiger partial charge in [0.1, 0.15) is 11.6 Å². The van der Waals surface area contributed by atoms with E-state index in [2.05, 4.69) is 0 Å². The zero-order valence-electron chi connectivity index (χ0n) is 9.12. The third-order valence-corrected chi connectivity index (χ3v) is 4.63. The Morgan fingerprint density at radius 1 is 1.11 bits per heavy atom. The van der Waals surface area contributed by atoms with Gasteiger partial charge in [-0.2, -0.15) is 4.31 Å². The van der Waals surface area contributed by atoms with Gasteiger partial charge in [0, 0.05) is 13.1 Å². The number of rotatable bonds is 2. The minimum absolute atomic E-state index is 0.392. The highest BCUT2D eigenvalue weighted by Gasteiger charge is 2.39. The maximum Gasteiger partial charge on any atom is 0.249 e. The molecule has 1 fully saturated rings. The molecule has 0 saturated carbocycles. The second-order valence-electron chi connectivity index (χ2n) is 4.01. The minimum atomic E-state index is -4.40. The summed E-state index contributed by atoms with van der Waals surface area (Å²) in [5, 5.41) is 18.5. The van der Waals surface area contributed by atoms with Gasteiger partial charge < -0.3 is 10.2 Å². The van der Waals surface area contributed by atoms with Crippen LogP contribution in [0.5, 0.6) is 0 Å². The normalized spacial score (nSPS) is 25.6. The Labute approximate surface area is 102 Å². The number of hydrogen-bond acceptors (Lipinski definition) is 4. The van der Waals surface area contributed by atoms with Crippen molar-refractivity contribution in [3.8, 4) is 0 Å². The highest BCUT2D eigenvalue weighted by molar-refractivity contribution is 7.89. The molecule has 0 bridgehead atoms. The lowest BCUT2D eigenvalue weighted by Gasteiger charge is -2.16. The molecule has 1 heterocycles. The van der Waals surface area contributed by atoms with Gasteiger partial charge in [-0.1, -0.05) is 6.07 Å². The molecule has 100 valence electrons. The van der Waals surface area contributed by atoms with Crippen LogP contribution in [0, 0.1) is 11.6 Å². The summed E-state index contributed by atoms with van der Waals surface area (Å²) in [4.78, 5) is -1.06. The lowest BCUT2D eigenvalue weighted by Crippen LogP contribution is -2.31. The predicted octanol–water partition coefficient (Wildman–Crippen LogP) is -0.309. The van der Waals surface area contributed by atoms with E-state index in [-0.39, 0.29) is 0 Å². The van der Waals surface area contributed by atoms with E-state index in [0.29, 0.717) is 4.31 Å². The first-order valence-corrected chi connectivity index (χ1v) is 6.58. The molecule has 1 aromatic rings. The van der Waals surface area contributed by atoms with Crippen molar-refractivity contribution in [2.45, 2.75) is 17.1 Å². The highest BCUT2D eigenvalue weighted by Crippen LogP contribution is 2.25. The SMILES string of the molecule is O=S(=O)(c1c(F)cccc1F)N1C[C@@H](O)[C@@H](O)C1. The first-order chi connectivity index (χ1) is 8.34. The quantitative estimate of drug-likeness (QED) is 0.778. The molecule has 1 aromatic carbocycles. The number of aliphatic hydroxyl groups excluding tert-OH is 2. The molecule has 0 radical (unpaired) electrons. The predicted molar refractivity (Wildman–Crippen MR) is 57.1 cm³/mol. The summed E-state index contributed by atoms with van der Waals surface area (Å²) in [5.41, 5.74) is 0. The van der Waals surface area contributed by atoms with Gasteiger partial charge in [-0.25, -0.2) is 17.2 Å². The van der Waals surface area contributed by atoms with E-state index in [1.165, 1.54) is 0 Å². The lowest BCUT2D eigenvalue weighted by molar-refractivity contribution is 0.0572. The van der Waals surface area contributed by atoms with Crippen LogP contribution < -0.4 is 0 Å². The van der Waals surface area contributed by atoms with Crippen molar-refractivity contribution < 1.29 is 27.4 Å². The molecule has 18 heavy (non-hydrogen) atoms. The van der Waals surface area contributed by atoms with Crippen LogP contribution in [-0.2, 0) is 10.0 Å². The number of nitrogens with zero attached hydrogens (tertiary/aromatic N) is 1. The lowest BCUT2D eigenvalue weighted by atomic mass is 10.3. The van der Waals surface area contributed by atoms with Crippen LogP contribution in [0.15, 0.2) is 23.1 Å². The number of benzene rings is 1. The van der Waals surface area contributed by atoms with Gasteiger partial charge in [-0.05, 0) is 12.1 Å². The Morgan fingerprint density at radius 3 is 2.00 bits per heavy atom. The van der Waals surface area contributed by atoms with E-state index in [0.717, 1.165) is 18.2 Å². The molecule has 0 unspecified atom stereocenters. The van der Waals surface area contributed by atoms with Gasteiger partial charge in [-0.3, -0.25) is 0 Å². The monoisotopic (exact) mass is 279 g/mol. The molecule has 1 saturated heterocycles. The average Bonchev–Trinajstić information content (AvgIpc) is 2.59. The Balaban J connectivity index is 2.44. The molecule has 0 aromatic heterocycles.